The normalized spacial score (nSPS) is 10.5. The Morgan fingerprint density at radius 1 is 0.960 bits per heavy atom. The van der Waals surface area contributed by atoms with E-state index >= 15 is 0 Å². The summed E-state index contributed by atoms with van der Waals surface area (Å²) in [5.41, 5.74) is 3.64. The Labute approximate surface area is 152 Å². The molecule has 0 amide bonds. The molecule has 1 N–H and O–H groups in total. The summed E-state index contributed by atoms with van der Waals surface area (Å²) in [5.74, 6) is 0.477. The van der Waals surface area contributed by atoms with Crippen LogP contribution in [0.2, 0.25) is 5.02 Å². The van der Waals surface area contributed by atoms with Crippen LogP contribution in [0.5, 0.6) is 5.75 Å². The van der Waals surface area contributed by atoms with Crippen molar-refractivity contribution in [2.24, 2.45) is 0 Å². The first-order chi connectivity index (χ1) is 12.1. The van der Waals surface area contributed by atoms with Crippen molar-refractivity contribution in [3.63, 3.8) is 0 Å². The zero-order valence-electron chi connectivity index (χ0n) is 13.9. The van der Waals surface area contributed by atoms with Crippen molar-refractivity contribution in [3.05, 3.63) is 94.3 Å². The number of rotatable bonds is 6. The molecule has 0 heterocycles. The van der Waals surface area contributed by atoms with E-state index in [4.69, 9.17) is 16.3 Å². The van der Waals surface area contributed by atoms with Crippen LogP contribution < -0.4 is 10.1 Å². The Morgan fingerprint density at radius 2 is 1.68 bits per heavy atom. The fraction of sp³-hybridized carbons (Fsp3) is 0.143. The molecule has 0 aliphatic heterocycles. The minimum Gasteiger partial charge on any atom is -0.488 e. The molecule has 3 aromatic carbocycles. The maximum absolute atomic E-state index is 13.7. The SMILES string of the molecule is Cc1ccc(Cl)cc1NCc1ccccc1OCc1ccccc1F. The van der Waals surface area contributed by atoms with E-state index in [1.807, 2.05) is 49.4 Å². The van der Waals surface area contributed by atoms with Gasteiger partial charge in [-0.1, -0.05) is 54.1 Å². The number of halogens is 2. The van der Waals surface area contributed by atoms with Crippen LogP contribution in [0.3, 0.4) is 0 Å². The highest BCUT2D eigenvalue weighted by atomic mass is 35.5. The molecule has 128 valence electrons. The van der Waals surface area contributed by atoms with Gasteiger partial charge in [0.25, 0.3) is 0 Å². The predicted octanol–water partition coefficient (Wildman–Crippen LogP) is 5.98. The Balaban J connectivity index is 1.70. The third-order valence-electron chi connectivity index (χ3n) is 3.98. The summed E-state index contributed by atoms with van der Waals surface area (Å²) in [6, 6.07) is 20.1. The first-order valence-electron chi connectivity index (χ1n) is 8.07. The molecule has 3 rings (SSSR count). The van der Waals surface area contributed by atoms with Crippen LogP contribution in [-0.4, -0.2) is 0 Å². The van der Waals surface area contributed by atoms with E-state index in [1.165, 1.54) is 6.07 Å². The zero-order chi connectivity index (χ0) is 17.6. The van der Waals surface area contributed by atoms with Gasteiger partial charge in [-0.15, -0.1) is 0 Å². The predicted molar refractivity (Wildman–Crippen MR) is 101 cm³/mol. The van der Waals surface area contributed by atoms with Crippen molar-refractivity contribution in [1.82, 2.24) is 0 Å². The number of hydrogen-bond acceptors (Lipinski definition) is 2. The highest BCUT2D eigenvalue weighted by Gasteiger charge is 2.07. The van der Waals surface area contributed by atoms with Crippen LogP contribution in [0.25, 0.3) is 0 Å². The van der Waals surface area contributed by atoms with Gasteiger partial charge in [0.05, 0.1) is 0 Å². The fourth-order valence-electron chi connectivity index (χ4n) is 2.54. The van der Waals surface area contributed by atoms with Gasteiger partial charge in [0.1, 0.15) is 18.2 Å². The highest BCUT2D eigenvalue weighted by molar-refractivity contribution is 6.30. The van der Waals surface area contributed by atoms with Crippen LogP contribution in [0.4, 0.5) is 10.1 Å². The van der Waals surface area contributed by atoms with Gasteiger partial charge < -0.3 is 10.1 Å². The highest BCUT2D eigenvalue weighted by Crippen LogP contribution is 2.24. The maximum atomic E-state index is 13.7. The number of benzene rings is 3. The Morgan fingerprint density at radius 3 is 2.48 bits per heavy atom. The molecule has 0 aliphatic rings. The zero-order valence-corrected chi connectivity index (χ0v) is 14.7. The summed E-state index contributed by atoms with van der Waals surface area (Å²) in [6.07, 6.45) is 0. The van der Waals surface area contributed by atoms with Crippen LogP contribution in [0.1, 0.15) is 16.7 Å². The molecule has 0 aliphatic carbocycles. The lowest BCUT2D eigenvalue weighted by Crippen LogP contribution is -2.05. The van der Waals surface area contributed by atoms with Gasteiger partial charge in [0, 0.05) is 28.4 Å². The molecule has 0 bridgehead atoms. The molecule has 25 heavy (non-hydrogen) atoms. The van der Waals surface area contributed by atoms with Crippen molar-refractivity contribution < 1.29 is 9.13 Å². The smallest absolute Gasteiger partial charge is 0.129 e. The van der Waals surface area contributed by atoms with E-state index in [9.17, 15) is 4.39 Å². The van der Waals surface area contributed by atoms with Crippen molar-refractivity contribution >= 4 is 17.3 Å². The summed E-state index contributed by atoms with van der Waals surface area (Å²) < 4.78 is 19.6. The third-order valence-corrected chi connectivity index (χ3v) is 4.22. The molecule has 0 spiro atoms. The largest absolute Gasteiger partial charge is 0.488 e. The molecule has 0 saturated carbocycles. The molecule has 3 aromatic rings. The molecule has 0 aromatic heterocycles. The molecule has 0 radical (unpaired) electrons. The molecule has 0 atom stereocenters. The van der Waals surface area contributed by atoms with Gasteiger partial charge in [-0.2, -0.15) is 0 Å². The van der Waals surface area contributed by atoms with E-state index in [1.54, 1.807) is 18.2 Å². The first kappa shape index (κ1) is 17.3. The number of aryl methyl sites for hydroxylation is 1. The monoisotopic (exact) mass is 355 g/mol. The Kier molecular flexibility index (Phi) is 5.56. The summed E-state index contributed by atoms with van der Waals surface area (Å²) in [6.45, 7) is 2.81. The van der Waals surface area contributed by atoms with Crippen LogP contribution in [-0.2, 0) is 13.2 Å². The van der Waals surface area contributed by atoms with Gasteiger partial charge >= 0.3 is 0 Å². The van der Waals surface area contributed by atoms with Crippen molar-refractivity contribution in [1.29, 1.82) is 0 Å². The molecule has 0 saturated heterocycles. The quantitative estimate of drug-likeness (QED) is 0.587. The molecule has 0 unspecified atom stereocenters. The van der Waals surface area contributed by atoms with E-state index in [-0.39, 0.29) is 12.4 Å². The molecular formula is C21H19ClFNO. The Hall–Kier alpha value is -2.52. The van der Waals surface area contributed by atoms with Crippen molar-refractivity contribution in [2.45, 2.75) is 20.1 Å². The molecular weight excluding hydrogens is 337 g/mol. The number of para-hydroxylation sites is 1. The summed E-state index contributed by atoms with van der Waals surface area (Å²) in [7, 11) is 0. The second kappa shape index (κ2) is 8.04. The van der Waals surface area contributed by atoms with Crippen LogP contribution in [0.15, 0.2) is 66.7 Å². The van der Waals surface area contributed by atoms with Crippen molar-refractivity contribution in [3.8, 4) is 5.75 Å². The number of ether oxygens (including phenoxy) is 1. The second-order valence-corrected chi connectivity index (χ2v) is 6.24. The van der Waals surface area contributed by atoms with Gasteiger partial charge in [-0.3, -0.25) is 0 Å². The number of nitrogens with one attached hydrogen (secondary N) is 1. The summed E-state index contributed by atoms with van der Waals surface area (Å²) >= 11 is 6.06. The lowest BCUT2D eigenvalue weighted by Gasteiger charge is -2.14. The second-order valence-electron chi connectivity index (χ2n) is 5.80. The lowest BCUT2D eigenvalue weighted by atomic mass is 10.1. The summed E-state index contributed by atoms with van der Waals surface area (Å²) in [5, 5.41) is 4.07. The number of hydrogen-bond donors (Lipinski definition) is 1. The third kappa shape index (κ3) is 4.52. The van der Waals surface area contributed by atoms with Crippen LogP contribution in [0, 0.1) is 12.7 Å². The topological polar surface area (TPSA) is 21.3 Å². The van der Waals surface area contributed by atoms with Gasteiger partial charge in [0.15, 0.2) is 0 Å². The van der Waals surface area contributed by atoms with E-state index < -0.39 is 0 Å². The summed E-state index contributed by atoms with van der Waals surface area (Å²) in [4.78, 5) is 0. The first-order valence-corrected chi connectivity index (χ1v) is 8.45. The van der Waals surface area contributed by atoms with Gasteiger partial charge in [-0.25, -0.2) is 4.39 Å². The Bertz CT molecular complexity index is 866. The average molecular weight is 356 g/mol. The molecule has 0 fully saturated rings. The van der Waals surface area contributed by atoms with Gasteiger partial charge in [-0.05, 0) is 36.8 Å². The number of anilines is 1. The molecule has 2 nitrogen and oxygen atoms in total. The minimum atomic E-state index is -0.257. The van der Waals surface area contributed by atoms with Crippen molar-refractivity contribution in [2.75, 3.05) is 5.32 Å². The van der Waals surface area contributed by atoms with Gasteiger partial charge in [0.2, 0.25) is 0 Å². The molecule has 4 heteroatoms. The van der Waals surface area contributed by atoms with E-state index in [0.717, 1.165) is 22.6 Å². The standard InChI is InChI=1S/C21H19ClFNO/c1-15-10-11-18(22)12-20(15)24-13-16-6-3-5-9-21(16)25-14-17-7-2-4-8-19(17)23/h2-12,24H,13-14H2,1H3. The maximum Gasteiger partial charge on any atom is 0.129 e. The fourth-order valence-corrected chi connectivity index (χ4v) is 2.71. The lowest BCUT2D eigenvalue weighted by molar-refractivity contribution is 0.297. The average Bonchev–Trinajstić information content (AvgIpc) is 2.62. The van der Waals surface area contributed by atoms with Crippen LogP contribution >= 0.6 is 11.6 Å². The van der Waals surface area contributed by atoms with E-state index in [0.29, 0.717) is 17.1 Å². The minimum absolute atomic E-state index is 0.194. The van der Waals surface area contributed by atoms with E-state index in [2.05, 4.69) is 5.32 Å².